The van der Waals surface area contributed by atoms with E-state index in [9.17, 15) is 5.26 Å². The third kappa shape index (κ3) is 3.97. The van der Waals surface area contributed by atoms with Crippen molar-refractivity contribution in [3.8, 4) is 6.07 Å². The van der Waals surface area contributed by atoms with E-state index in [1.807, 2.05) is 24.3 Å². The molecule has 2 aliphatic rings. The Hall–Kier alpha value is -3.66. The van der Waals surface area contributed by atoms with Gasteiger partial charge in [0.1, 0.15) is 0 Å². The maximum Gasteiger partial charge on any atom is 0.151 e. The van der Waals surface area contributed by atoms with Crippen LogP contribution in [0.2, 0.25) is 5.02 Å². The van der Waals surface area contributed by atoms with Crippen molar-refractivity contribution in [2.75, 3.05) is 37.6 Å². The van der Waals surface area contributed by atoms with Crippen LogP contribution in [0.5, 0.6) is 0 Å². The molecule has 0 bridgehead atoms. The zero-order valence-corrected chi connectivity index (χ0v) is 20.0. The first-order chi connectivity index (χ1) is 17.2. The van der Waals surface area contributed by atoms with Crippen molar-refractivity contribution < 1.29 is 0 Å². The van der Waals surface area contributed by atoms with Crippen LogP contribution in [0.4, 0.5) is 11.5 Å². The highest BCUT2D eigenvalue weighted by Gasteiger charge is 2.37. The van der Waals surface area contributed by atoms with Crippen molar-refractivity contribution in [1.29, 1.82) is 5.26 Å². The molecule has 1 aromatic heterocycles. The molecule has 6 nitrogen and oxygen atoms in total. The second kappa shape index (κ2) is 9.18. The summed E-state index contributed by atoms with van der Waals surface area (Å²) in [4.78, 5) is 9.71. The highest BCUT2D eigenvalue weighted by Crippen LogP contribution is 2.43. The van der Waals surface area contributed by atoms with Gasteiger partial charge in [0.2, 0.25) is 0 Å². The number of anilines is 1. The molecule has 3 aromatic carbocycles. The van der Waals surface area contributed by atoms with Gasteiger partial charge in [0.15, 0.2) is 5.82 Å². The van der Waals surface area contributed by atoms with Crippen molar-refractivity contribution in [3.63, 3.8) is 0 Å². The first-order valence-corrected chi connectivity index (χ1v) is 12.3. The molecule has 6 rings (SSSR count). The van der Waals surface area contributed by atoms with Crippen molar-refractivity contribution in [2.45, 2.75) is 5.92 Å². The summed E-state index contributed by atoms with van der Waals surface area (Å²) in [5, 5.41) is 20.7. The standard InChI is InChI=1S/C28H25ClN6/c29-24-10-4-3-9-21(24)27-22(16-30)25(32-28-23(27)17-31-33-28)18-34-12-14-35(15-13-34)26-11-5-7-19-6-1-2-8-20(19)26/h1-11,17,22,27H,12-15,18H2,(H,31,33). The minimum atomic E-state index is -0.393. The minimum Gasteiger partial charge on any atom is -0.368 e. The van der Waals surface area contributed by atoms with E-state index in [4.69, 9.17) is 16.6 Å². The molecule has 1 N–H and O–H groups in total. The Balaban J connectivity index is 1.23. The molecule has 7 heteroatoms. The monoisotopic (exact) mass is 480 g/mol. The fourth-order valence-corrected chi connectivity index (χ4v) is 5.66. The number of aromatic amines is 1. The number of hydrogen-bond donors (Lipinski definition) is 1. The van der Waals surface area contributed by atoms with Gasteiger partial charge in [-0.2, -0.15) is 10.4 Å². The predicted molar refractivity (Wildman–Crippen MR) is 141 cm³/mol. The Morgan fingerprint density at radius 2 is 1.71 bits per heavy atom. The molecular weight excluding hydrogens is 456 g/mol. The molecule has 2 unspecified atom stereocenters. The smallest absolute Gasteiger partial charge is 0.151 e. The van der Waals surface area contributed by atoms with Crippen LogP contribution in [-0.4, -0.2) is 53.5 Å². The fourth-order valence-electron chi connectivity index (χ4n) is 5.41. The van der Waals surface area contributed by atoms with Crippen LogP contribution in [0.15, 0.2) is 77.9 Å². The molecule has 3 heterocycles. The second-order valence-corrected chi connectivity index (χ2v) is 9.55. The van der Waals surface area contributed by atoms with Gasteiger partial charge in [-0.25, -0.2) is 4.99 Å². The Morgan fingerprint density at radius 3 is 2.54 bits per heavy atom. The summed E-state index contributed by atoms with van der Waals surface area (Å²) < 4.78 is 0. The molecule has 0 amide bonds. The Bertz CT molecular complexity index is 1440. The van der Waals surface area contributed by atoms with Crippen LogP contribution in [0.1, 0.15) is 17.0 Å². The maximum atomic E-state index is 10.2. The number of nitrogens with zero attached hydrogens (tertiary/aromatic N) is 5. The number of piperazine rings is 1. The molecule has 4 aromatic rings. The lowest BCUT2D eigenvalue weighted by Crippen LogP contribution is -2.49. The van der Waals surface area contributed by atoms with Gasteiger partial charge >= 0.3 is 0 Å². The molecule has 174 valence electrons. The summed E-state index contributed by atoms with van der Waals surface area (Å²) in [6.07, 6.45) is 1.77. The van der Waals surface area contributed by atoms with Gasteiger partial charge in [-0.15, -0.1) is 0 Å². The number of rotatable bonds is 4. The molecule has 0 aliphatic carbocycles. The largest absolute Gasteiger partial charge is 0.368 e. The van der Waals surface area contributed by atoms with Gasteiger partial charge < -0.3 is 4.90 Å². The lowest BCUT2D eigenvalue weighted by atomic mass is 9.78. The van der Waals surface area contributed by atoms with Gasteiger partial charge in [-0.3, -0.25) is 10.00 Å². The molecule has 35 heavy (non-hydrogen) atoms. The lowest BCUT2D eigenvalue weighted by molar-refractivity contribution is 0.289. The molecule has 0 saturated carbocycles. The van der Waals surface area contributed by atoms with E-state index in [0.29, 0.717) is 11.6 Å². The number of nitrogens with one attached hydrogen (secondary N) is 1. The zero-order valence-electron chi connectivity index (χ0n) is 19.2. The number of hydrogen-bond acceptors (Lipinski definition) is 5. The highest BCUT2D eigenvalue weighted by molar-refractivity contribution is 6.31. The normalized spacial score (nSPS) is 20.3. The highest BCUT2D eigenvalue weighted by atomic mass is 35.5. The topological polar surface area (TPSA) is 71.3 Å². The Labute approximate surface area is 209 Å². The van der Waals surface area contributed by atoms with Crippen LogP contribution < -0.4 is 4.90 Å². The Morgan fingerprint density at radius 1 is 0.943 bits per heavy atom. The summed E-state index contributed by atoms with van der Waals surface area (Å²) in [7, 11) is 0. The summed E-state index contributed by atoms with van der Waals surface area (Å²) >= 11 is 6.57. The van der Waals surface area contributed by atoms with E-state index in [2.05, 4.69) is 68.5 Å². The molecule has 0 spiro atoms. The van der Waals surface area contributed by atoms with Crippen LogP contribution in [-0.2, 0) is 0 Å². The zero-order chi connectivity index (χ0) is 23.8. The summed E-state index contributed by atoms with van der Waals surface area (Å²) in [5.41, 5.74) is 4.02. The SMILES string of the molecule is N#CC1C(CN2CCN(c3cccc4ccccc34)CC2)=Nc2[nH]ncc2C1c1ccccc1Cl. The molecule has 2 aliphatic heterocycles. The van der Waals surface area contributed by atoms with Gasteiger partial charge in [0.05, 0.1) is 23.9 Å². The maximum absolute atomic E-state index is 10.2. The van der Waals surface area contributed by atoms with Gasteiger partial charge in [0.25, 0.3) is 0 Å². The van der Waals surface area contributed by atoms with E-state index in [1.54, 1.807) is 6.20 Å². The summed E-state index contributed by atoms with van der Waals surface area (Å²) in [6, 6.07) is 25.4. The first kappa shape index (κ1) is 21.8. The molecule has 1 saturated heterocycles. The fraction of sp³-hybridized carbons (Fsp3) is 0.250. The number of H-pyrrole nitrogens is 1. The van der Waals surface area contributed by atoms with Gasteiger partial charge in [-0.05, 0) is 23.1 Å². The second-order valence-electron chi connectivity index (χ2n) is 9.14. The van der Waals surface area contributed by atoms with Gasteiger partial charge in [0, 0.05) is 60.3 Å². The number of aliphatic imine (C=N–C) groups is 1. The van der Waals surface area contributed by atoms with Crippen molar-refractivity contribution in [3.05, 3.63) is 89.1 Å². The summed E-state index contributed by atoms with van der Waals surface area (Å²) in [5.74, 6) is 0.147. The average Bonchev–Trinajstić information content (AvgIpc) is 3.37. The average molecular weight is 481 g/mol. The molecule has 1 fully saturated rings. The third-order valence-corrected chi connectivity index (χ3v) is 7.52. The number of nitriles is 1. The molecule has 0 radical (unpaired) electrons. The summed E-state index contributed by atoms with van der Waals surface area (Å²) in [6.45, 7) is 4.34. The predicted octanol–water partition coefficient (Wildman–Crippen LogP) is 5.40. The van der Waals surface area contributed by atoms with E-state index < -0.39 is 5.92 Å². The van der Waals surface area contributed by atoms with Crippen molar-refractivity contribution in [1.82, 2.24) is 15.1 Å². The van der Waals surface area contributed by atoms with Crippen LogP contribution in [0.3, 0.4) is 0 Å². The third-order valence-electron chi connectivity index (χ3n) is 7.17. The quantitative estimate of drug-likeness (QED) is 0.424. The molecule has 2 atom stereocenters. The van der Waals surface area contributed by atoms with E-state index in [1.165, 1.54) is 16.5 Å². The molecular formula is C28H25ClN6. The van der Waals surface area contributed by atoms with E-state index >= 15 is 0 Å². The number of fused-ring (bicyclic) bond motifs is 2. The van der Waals surface area contributed by atoms with Crippen LogP contribution in [0.25, 0.3) is 10.8 Å². The van der Waals surface area contributed by atoms with Crippen molar-refractivity contribution in [2.24, 2.45) is 10.9 Å². The Kier molecular flexibility index (Phi) is 5.73. The van der Waals surface area contributed by atoms with Crippen molar-refractivity contribution >= 4 is 39.6 Å². The van der Waals surface area contributed by atoms with Crippen LogP contribution >= 0.6 is 11.6 Å². The number of aromatic nitrogens is 2. The van der Waals surface area contributed by atoms with Crippen LogP contribution in [0, 0.1) is 17.2 Å². The number of halogens is 1. The van der Waals surface area contributed by atoms with E-state index in [-0.39, 0.29) is 5.92 Å². The van der Waals surface area contributed by atoms with E-state index in [0.717, 1.165) is 48.8 Å². The van der Waals surface area contributed by atoms with Gasteiger partial charge in [-0.1, -0.05) is 66.2 Å². The minimum absolute atomic E-state index is 0.188. The number of benzene rings is 3. The first-order valence-electron chi connectivity index (χ1n) is 11.9. The lowest BCUT2D eigenvalue weighted by Gasteiger charge is -2.38.